The molecule has 0 aliphatic heterocycles. The minimum absolute atomic E-state index is 0.114. The minimum atomic E-state index is -0.128. The highest BCUT2D eigenvalue weighted by atomic mass is 35.5. The monoisotopic (exact) mass is 406 g/mol. The van der Waals surface area contributed by atoms with Crippen LogP contribution in [-0.2, 0) is 0 Å². The first-order valence-electron chi connectivity index (χ1n) is 10.2. The van der Waals surface area contributed by atoms with Gasteiger partial charge in [0, 0.05) is 17.0 Å². The third-order valence-electron chi connectivity index (χ3n) is 5.71. The molecule has 1 heterocycles. The van der Waals surface area contributed by atoms with Crippen LogP contribution in [0.5, 0.6) is 0 Å². The SMILES string of the molecule is CC(c1ccccc1Cl)N(C(=O)c1nc(C2CC2)n(-c2ccccc2)n1)C1CC1. The lowest BCUT2D eigenvalue weighted by Gasteiger charge is -2.29. The Hall–Kier alpha value is -2.66. The summed E-state index contributed by atoms with van der Waals surface area (Å²) in [5, 5.41) is 5.33. The van der Waals surface area contributed by atoms with Gasteiger partial charge in [-0.25, -0.2) is 9.67 Å². The zero-order valence-electron chi connectivity index (χ0n) is 16.3. The van der Waals surface area contributed by atoms with Crippen LogP contribution in [0.15, 0.2) is 54.6 Å². The zero-order chi connectivity index (χ0) is 20.0. The maximum atomic E-state index is 13.5. The third kappa shape index (κ3) is 3.55. The predicted octanol–water partition coefficient (Wildman–Crippen LogP) is 5.16. The fourth-order valence-electron chi connectivity index (χ4n) is 3.87. The number of aromatic nitrogens is 3. The summed E-state index contributed by atoms with van der Waals surface area (Å²) in [6, 6.07) is 17.8. The molecule has 1 amide bonds. The molecule has 6 heteroatoms. The van der Waals surface area contributed by atoms with Crippen molar-refractivity contribution >= 4 is 17.5 Å². The quantitative estimate of drug-likeness (QED) is 0.567. The Morgan fingerprint density at radius 3 is 2.41 bits per heavy atom. The molecule has 5 nitrogen and oxygen atoms in total. The first-order valence-corrected chi connectivity index (χ1v) is 10.6. The molecule has 0 N–H and O–H groups in total. The van der Waals surface area contributed by atoms with E-state index < -0.39 is 0 Å². The number of rotatable bonds is 6. The van der Waals surface area contributed by atoms with Gasteiger partial charge in [-0.1, -0.05) is 48.0 Å². The standard InChI is InChI=1S/C23H23ClN4O/c1-15(19-9-5-6-10-20(19)24)27(17-13-14-17)23(29)21-25-22(16-11-12-16)28(26-21)18-7-3-2-4-8-18/h2-10,15-17H,11-14H2,1H3. The maximum absolute atomic E-state index is 13.5. The summed E-state index contributed by atoms with van der Waals surface area (Å²) < 4.78 is 1.84. The van der Waals surface area contributed by atoms with E-state index in [-0.39, 0.29) is 23.8 Å². The Morgan fingerprint density at radius 2 is 1.76 bits per heavy atom. The highest BCUT2D eigenvalue weighted by Crippen LogP contribution is 2.41. The summed E-state index contributed by atoms with van der Waals surface area (Å²) in [5.41, 5.74) is 1.90. The van der Waals surface area contributed by atoms with Crippen molar-refractivity contribution in [2.24, 2.45) is 0 Å². The van der Waals surface area contributed by atoms with Crippen LogP contribution in [0.3, 0.4) is 0 Å². The van der Waals surface area contributed by atoms with Crippen LogP contribution in [0.1, 0.15) is 66.6 Å². The van der Waals surface area contributed by atoms with Crippen molar-refractivity contribution in [1.29, 1.82) is 0 Å². The number of benzene rings is 2. The highest BCUT2D eigenvalue weighted by molar-refractivity contribution is 6.31. The summed E-state index contributed by atoms with van der Waals surface area (Å²) in [4.78, 5) is 20.2. The van der Waals surface area contributed by atoms with E-state index in [1.807, 2.05) is 71.1 Å². The molecule has 29 heavy (non-hydrogen) atoms. The van der Waals surface area contributed by atoms with E-state index in [9.17, 15) is 4.79 Å². The fraction of sp³-hybridized carbons (Fsp3) is 0.348. The molecule has 1 atom stereocenters. The molecule has 2 aromatic carbocycles. The molecular weight excluding hydrogens is 384 g/mol. The number of amides is 1. The van der Waals surface area contributed by atoms with Gasteiger partial charge >= 0.3 is 0 Å². The van der Waals surface area contributed by atoms with E-state index in [1.54, 1.807) is 0 Å². The molecule has 0 spiro atoms. The minimum Gasteiger partial charge on any atom is -0.326 e. The summed E-state index contributed by atoms with van der Waals surface area (Å²) >= 11 is 6.42. The number of hydrogen-bond acceptors (Lipinski definition) is 3. The number of halogens is 1. The first kappa shape index (κ1) is 18.4. The average molecular weight is 407 g/mol. The molecule has 5 rings (SSSR count). The van der Waals surface area contributed by atoms with Gasteiger partial charge in [0.15, 0.2) is 0 Å². The van der Waals surface area contributed by atoms with Crippen LogP contribution in [0.2, 0.25) is 5.02 Å². The second kappa shape index (κ2) is 7.30. The number of para-hydroxylation sites is 1. The van der Waals surface area contributed by atoms with Crippen molar-refractivity contribution in [2.75, 3.05) is 0 Å². The van der Waals surface area contributed by atoms with Crippen molar-refractivity contribution in [1.82, 2.24) is 19.7 Å². The molecule has 0 bridgehead atoms. The molecule has 1 aromatic heterocycles. The van der Waals surface area contributed by atoms with E-state index in [2.05, 4.69) is 5.10 Å². The van der Waals surface area contributed by atoms with Crippen molar-refractivity contribution in [2.45, 2.75) is 50.6 Å². The highest BCUT2D eigenvalue weighted by Gasteiger charge is 2.40. The second-order valence-electron chi connectivity index (χ2n) is 7.96. The van der Waals surface area contributed by atoms with Gasteiger partial charge in [-0.2, -0.15) is 0 Å². The second-order valence-corrected chi connectivity index (χ2v) is 8.36. The maximum Gasteiger partial charge on any atom is 0.294 e. The van der Waals surface area contributed by atoms with Crippen LogP contribution >= 0.6 is 11.6 Å². The molecule has 2 aliphatic rings. The number of hydrogen-bond donors (Lipinski definition) is 0. The van der Waals surface area contributed by atoms with Crippen molar-refractivity contribution in [3.63, 3.8) is 0 Å². The molecule has 0 saturated heterocycles. The number of nitrogens with zero attached hydrogens (tertiary/aromatic N) is 4. The van der Waals surface area contributed by atoms with Crippen LogP contribution in [0.4, 0.5) is 0 Å². The number of carbonyl (C=O) groups is 1. The Kier molecular flexibility index (Phi) is 4.63. The molecule has 2 fully saturated rings. The third-order valence-corrected chi connectivity index (χ3v) is 6.06. The smallest absolute Gasteiger partial charge is 0.294 e. The van der Waals surface area contributed by atoms with Gasteiger partial charge in [0.2, 0.25) is 5.82 Å². The average Bonchev–Trinajstić information content (AvgIpc) is 3.68. The molecule has 3 aromatic rings. The molecule has 2 saturated carbocycles. The van der Waals surface area contributed by atoms with Gasteiger partial charge < -0.3 is 4.90 Å². The lowest BCUT2D eigenvalue weighted by Crippen LogP contribution is -2.36. The van der Waals surface area contributed by atoms with Gasteiger partial charge in [-0.3, -0.25) is 4.79 Å². The van der Waals surface area contributed by atoms with Gasteiger partial charge in [-0.15, -0.1) is 5.10 Å². The van der Waals surface area contributed by atoms with E-state index in [0.717, 1.165) is 42.8 Å². The topological polar surface area (TPSA) is 51.0 Å². The molecule has 0 radical (unpaired) electrons. The van der Waals surface area contributed by atoms with Gasteiger partial charge in [-0.05, 0) is 56.4 Å². The lowest BCUT2D eigenvalue weighted by atomic mass is 10.1. The summed E-state index contributed by atoms with van der Waals surface area (Å²) in [7, 11) is 0. The van der Waals surface area contributed by atoms with E-state index in [0.29, 0.717) is 10.9 Å². The molecule has 2 aliphatic carbocycles. The van der Waals surface area contributed by atoms with E-state index >= 15 is 0 Å². The predicted molar refractivity (Wildman–Crippen MR) is 112 cm³/mol. The van der Waals surface area contributed by atoms with Gasteiger partial charge in [0.05, 0.1) is 11.7 Å². The first-order chi connectivity index (χ1) is 14.1. The lowest BCUT2D eigenvalue weighted by molar-refractivity contribution is 0.0661. The van der Waals surface area contributed by atoms with Gasteiger partial charge in [0.25, 0.3) is 5.91 Å². The molecular formula is C23H23ClN4O. The zero-order valence-corrected chi connectivity index (χ0v) is 17.1. The van der Waals surface area contributed by atoms with Crippen molar-refractivity contribution in [3.05, 3.63) is 76.8 Å². The molecule has 148 valence electrons. The Balaban J connectivity index is 1.51. The van der Waals surface area contributed by atoms with Crippen LogP contribution in [0, 0.1) is 0 Å². The fourth-order valence-corrected chi connectivity index (χ4v) is 4.16. The van der Waals surface area contributed by atoms with Crippen LogP contribution in [-0.4, -0.2) is 31.6 Å². The van der Waals surface area contributed by atoms with E-state index in [4.69, 9.17) is 16.6 Å². The summed E-state index contributed by atoms with van der Waals surface area (Å²) in [5.74, 6) is 1.44. The Bertz CT molecular complexity index is 1040. The largest absolute Gasteiger partial charge is 0.326 e. The normalized spacial score (nSPS) is 17.2. The van der Waals surface area contributed by atoms with Gasteiger partial charge in [0.1, 0.15) is 5.82 Å². The van der Waals surface area contributed by atoms with Crippen molar-refractivity contribution in [3.8, 4) is 5.69 Å². The van der Waals surface area contributed by atoms with Crippen molar-refractivity contribution < 1.29 is 4.79 Å². The van der Waals surface area contributed by atoms with Crippen LogP contribution < -0.4 is 0 Å². The summed E-state index contributed by atoms with van der Waals surface area (Å²) in [6.07, 6.45) is 4.22. The summed E-state index contributed by atoms with van der Waals surface area (Å²) in [6.45, 7) is 2.04. The Labute approximate surface area is 175 Å². The Morgan fingerprint density at radius 1 is 1.07 bits per heavy atom. The number of carbonyl (C=O) groups excluding carboxylic acids is 1. The van der Waals surface area contributed by atoms with Crippen LogP contribution in [0.25, 0.3) is 5.69 Å². The molecule has 1 unspecified atom stereocenters. The van der Waals surface area contributed by atoms with E-state index in [1.165, 1.54) is 0 Å².